The molecule has 2 N–H and O–H groups in total. The van der Waals surface area contributed by atoms with E-state index in [0.29, 0.717) is 25.4 Å². The van der Waals surface area contributed by atoms with E-state index in [9.17, 15) is 13.2 Å². The fourth-order valence-electron chi connectivity index (χ4n) is 2.86. The second kappa shape index (κ2) is 8.41. The Kier molecular flexibility index (Phi) is 5.98. The first kappa shape index (κ1) is 19.2. The predicted octanol–water partition coefficient (Wildman–Crippen LogP) is 2.00. The molecule has 3 rings (SSSR count). The standard InChI is InChI=1S/C19H22N2O5S/c1-2-25-14-7-9-15(10-8-14)27(23,24)20-13-19(22)21-17-11-12-26-18-6-4-3-5-16(17)18/h3-10,17,20H,2,11-13H2,1H3,(H,21,22)/t17-/m1/s1. The molecule has 1 aliphatic heterocycles. The summed E-state index contributed by atoms with van der Waals surface area (Å²) < 4.78 is 37.9. The van der Waals surface area contributed by atoms with E-state index < -0.39 is 15.9 Å². The topological polar surface area (TPSA) is 93.7 Å². The molecule has 27 heavy (non-hydrogen) atoms. The van der Waals surface area contributed by atoms with Gasteiger partial charge in [0.05, 0.1) is 30.7 Å². The van der Waals surface area contributed by atoms with Gasteiger partial charge in [0.25, 0.3) is 0 Å². The summed E-state index contributed by atoms with van der Waals surface area (Å²) in [6, 6.07) is 13.3. The van der Waals surface area contributed by atoms with Crippen LogP contribution in [0.2, 0.25) is 0 Å². The van der Waals surface area contributed by atoms with Gasteiger partial charge in [0, 0.05) is 12.0 Å². The average Bonchev–Trinajstić information content (AvgIpc) is 2.68. The lowest BCUT2D eigenvalue weighted by Gasteiger charge is -2.26. The van der Waals surface area contributed by atoms with Crippen LogP contribution in [-0.2, 0) is 14.8 Å². The molecule has 0 aromatic heterocycles. The summed E-state index contributed by atoms with van der Waals surface area (Å²) in [5, 5.41) is 2.86. The molecule has 1 amide bonds. The molecule has 1 aliphatic rings. The Morgan fingerprint density at radius 3 is 2.67 bits per heavy atom. The van der Waals surface area contributed by atoms with E-state index in [1.165, 1.54) is 12.1 Å². The zero-order valence-corrected chi connectivity index (χ0v) is 15.8. The number of ether oxygens (including phenoxy) is 2. The minimum atomic E-state index is -3.78. The van der Waals surface area contributed by atoms with E-state index in [2.05, 4.69) is 10.0 Å². The fraction of sp³-hybridized carbons (Fsp3) is 0.316. The molecule has 0 saturated heterocycles. The number of carbonyl (C=O) groups is 1. The van der Waals surface area contributed by atoms with E-state index in [4.69, 9.17) is 9.47 Å². The van der Waals surface area contributed by atoms with Crippen LogP contribution in [0.5, 0.6) is 11.5 Å². The minimum absolute atomic E-state index is 0.0789. The third kappa shape index (κ3) is 4.78. The molecule has 7 nitrogen and oxygen atoms in total. The molecule has 2 aromatic rings. The van der Waals surface area contributed by atoms with Crippen molar-refractivity contribution in [1.29, 1.82) is 0 Å². The van der Waals surface area contributed by atoms with E-state index in [-0.39, 0.29) is 17.5 Å². The van der Waals surface area contributed by atoms with Crippen LogP contribution in [0.15, 0.2) is 53.4 Å². The van der Waals surface area contributed by atoms with Crippen LogP contribution in [0.1, 0.15) is 24.9 Å². The van der Waals surface area contributed by atoms with Crippen molar-refractivity contribution in [2.24, 2.45) is 0 Å². The number of nitrogens with one attached hydrogen (secondary N) is 2. The highest BCUT2D eigenvalue weighted by Crippen LogP contribution is 2.31. The van der Waals surface area contributed by atoms with Crippen LogP contribution >= 0.6 is 0 Å². The summed E-state index contributed by atoms with van der Waals surface area (Å²) >= 11 is 0. The predicted molar refractivity (Wildman–Crippen MR) is 100 cm³/mol. The molecule has 0 fully saturated rings. The Balaban J connectivity index is 1.59. The third-order valence-corrected chi connectivity index (χ3v) is 5.58. The number of carbonyl (C=O) groups excluding carboxylic acids is 1. The number of rotatable bonds is 7. The number of hydrogen-bond donors (Lipinski definition) is 2. The SMILES string of the molecule is CCOc1ccc(S(=O)(=O)NCC(=O)N[C@@H]2CCOc3ccccc32)cc1. The molecule has 2 aromatic carbocycles. The van der Waals surface area contributed by atoms with Gasteiger partial charge in [-0.2, -0.15) is 0 Å². The van der Waals surface area contributed by atoms with Gasteiger partial charge in [0.2, 0.25) is 15.9 Å². The molecule has 1 atom stereocenters. The first-order valence-electron chi connectivity index (χ1n) is 8.73. The van der Waals surface area contributed by atoms with Crippen molar-refractivity contribution in [2.75, 3.05) is 19.8 Å². The number of amides is 1. The smallest absolute Gasteiger partial charge is 0.241 e. The quantitative estimate of drug-likeness (QED) is 0.754. The molecule has 1 heterocycles. The van der Waals surface area contributed by atoms with E-state index >= 15 is 0 Å². The van der Waals surface area contributed by atoms with Crippen LogP contribution in [0.25, 0.3) is 0 Å². The second-order valence-electron chi connectivity index (χ2n) is 6.02. The maximum Gasteiger partial charge on any atom is 0.241 e. The zero-order valence-electron chi connectivity index (χ0n) is 15.0. The van der Waals surface area contributed by atoms with Gasteiger partial charge in [-0.25, -0.2) is 13.1 Å². The molecule has 8 heteroatoms. The minimum Gasteiger partial charge on any atom is -0.494 e. The highest BCUT2D eigenvalue weighted by atomic mass is 32.2. The zero-order chi connectivity index (χ0) is 19.3. The highest BCUT2D eigenvalue weighted by Gasteiger charge is 2.23. The summed E-state index contributed by atoms with van der Waals surface area (Å²) in [6.07, 6.45) is 0.633. The molecule has 144 valence electrons. The lowest BCUT2D eigenvalue weighted by atomic mass is 10.0. The number of fused-ring (bicyclic) bond motifs is 1. The lowest BCUT2D eigenvalue weighted by molar-refractivity contribution is -0.120. The monoisotopic (exact) mass is 390 g/mol. The Bertz CT molecular complexity index is 897. The van der Waals surface area contributed by atoms with Crippen LogP contribution in [-0.4, -0.2) is 34.1 Å². The van der Waals surface area contributed by atoms with Crippen molar-refractivity contribution in [1.82, 2.24) is 10.0 Å². The number of benzene rings is 2. The van der Waals surface area contributed by atoms with Crippen LogP contribution in [0.4, 0.5) is 0 Å². The van der Waals surface area contributed by atoms with Crippen molar-refractivity contribution in [3.05, 3.63) is 54.1 Å². The lowest BCUT2D eigenvalue weighted by Crippen LogP contribution is -2.39. The first-order valence-corrected chi connectivity index (χ1v) is 10.2. The number of hydrogen-bond acceptors (Lipinski definition) is 5. The van der Waals surface area contributed by atoms with Gasteiger partial charge >= 0.3 is 0 Å². The second-order valence-corrected chi connectivity index (χ2v) is 7.79. The maximum atomic E-state index is 12.3. The van der Waals surface area contributed by atoms with E-state index in [1.54, 1.807) is 12.1 Å². The van der Waals surface area contributed by atoms with Crippen molar-refractivity contribution in [3.63, 3.8) is 0 Å². The highest BCUT2D eigenvalue weighted by molar-refractivity contribution is 7.89. The summed E-state index contributed by atoms with van der Waals surface area (Å²) in [5.74, 6) is 0.933. The molecule has 0 bridgehead atoms. The molecule has 0 spiro atoms. The Morgan fingerprint density at radius 2 is 1.93 bits per heavy atom. The van der Waals surface area contributed by atoms with E-state index in [0.717, 1.165) is 11.3 Å². The van der Waals surface area contributed by atoms with Crippen molar-refractivity contribution >= 4 is 15.9 Å². The Labute approximate surface area is 158 Å². The molecule has 0 unspecified atom stereocenters. The van der Waals surface area contributed by atoms with E-state index in [1.807, 2.05) is 31.2 Å². The van der Waals surface area contributed by atoms with Gasteiger partial charge in [-0.15, -0.1) is 0 Å². The fourth-order valence-corrected chi connectivity index (χ4v) is 3.85. The maximum absolute atomic E-state index is 12.3. The molecular formula is C19H22N2O5S. The van der Waals surface area contributed by atoms with Crippen LogP contribution in [0, 0.1) is 0 Å². The molecule has 0 radical (unpaired) electrons. The van der Waals surface area contributed by atoms with Crippen LogP contribution in [0.3, 0.4) is 0 Å². The normalized spacial score (nSPS) is 16.1. The molecular weight excluding hydrogens is 368 g/mol. The number of sulfonamides is 1. The summed E-state index contributed by atoms with van der Waals surface area (Å²) in [7, 11) is -3.78. The van der Waals surface area contributed by atoms with Crippen molar-refractivity contribution in [2.45, 2.75) is 24.3 Å². The molecule has 0 aliphatic carbocycles. The largest absolute Gasteiger partial charge is 0.494 e. The Morgan fingerprint density at radius 1 is 1.19 bits per heavy atom. The number of para-hydroxylation sites is 1. The van der Waals surface area contributed by atoms with Crippen LogP contribution < -0.4 is 19.5 Å². The van der Waals surface area contributed by atoms with Gasteiger partial charge in [-0.1, -0.05) is 18.2 Å². The summed E-state index contributed by atoms with van der Waals surface area (Å²) in [5.41, 5.74) is 0.895. The van der Waals surface area contributed by atoms with Gasteiger partial charge in [0.1, 0.15) is 11.5 Å². The van der Waals surface area contributed by atoms with Gasteiger partial charge in [-0.3, -0.25) is 4.79 Å². The van der Waals surface area contributed by atoms with Gasteiger partial charge < -0.3 is 14.8 Å². The summed E-state index contributed by atoms with van der Waals surface area (Å²) in [6.45, 7) is 2.51. The third-order valence-electron chi connectivity index (χ3n) is 4.16. The molecule has 0 saturated carbocycles. The van der Waals surface area contributed by atoms with Crippen molar-refractivity contribution in [3.8, 4) is 11.5 Å². The van der Waals surface area contributed by atoms with Gasteiger partial charge in [-0.05, 0) is 37.3 Å². The van der Waals surface area contributed by atoms with Crippen molar-refractivity contribution < 1.29 is 22.7 Å². The Hall–Kier alpha value is -2.58. The average molecular weight is 390 g/mol. The summed E-state index contributed by atoms with van der Waals surface area (Å²) in [4.78, 5) is 12.3. The van der Waals surface area contributed by atoms with Gasteiger partial charge in [0.15, 0.2) is 0 Å². The first-order chi connectivity index (χ1) is 13.0.